The molecule has 1 atom stereocenters. The second kappa shape index (κ2) is 4.64. The quantitative estimate of drug-likeness (QED) is 0.838. The summed E-state index contributed by atoms with van der Waals surface area (Å²) in [6.45, 7) is 2.27. The fraction of sp³-hybridized carbons (Fsp3) is 0.455. The molecule has 0 spiro atoms. The van der Waals surface area contributed by atoms with Crippen LogP contribution in [0.1, 0.15) is 12.0 Å². The van der Waals surface area contributed by atoms with E-state index in [1.54, 1.807) is 0 Å². The molecule has 0 bridgehead atoms. The Bertz CT molecular complexity index is 370. The zero-order valence-electron chi connectivity index (χ0n) is 8.59. The lowest BCUT2D eigenvalue weighted by atomic mass is 10.2. The normalized spacial score (nSPS) is 19.5. The fourth-order valence-corrected chi connectivity index (χ4v) is 3.31. The zero-order chi connectivity index (χ0) is 10.8. The summed E-state index contributed by atoms with van der Waals surface area (Å²) >= 11 is 7.98. The number of benzene rings is 1. The van der Waals surface area contributed by atoms with Crippen LogP contribution in [0, 0.1) is 6.92 Å². The molecular formula is C11H14ClNOS. The van der Waals surface area contributed by atoms with Gasteiger partial charge in [0, 0.05) is 23.3 Å². The van der Waals surface area contributed by atoms with E-state index in [9.17, 15) is 0 Å². The fourth-order valence-electron chi connectivity index (χ4n) is 1.71. The Morgan fingerprint density at radius 3 is 3.13 bits per heavy atom. The summed E-state index contributed by atoms with van der Waals surface area (Å²) < 4.78 is 0. The lowest BCUT2D eigenvalue weighted by Gasteiger charge is -2.27. The third-order valence-electron chi connectivity index (χ3n) is 2.46. The first-order valence-electron chi connectivity index (χ1n) is 5.01. The molecule has 2 rings (SSSR count). The Morgan fingerprint density at radius 2 is 2.40 bits per heavy atom. The first kappa shape index (κ1) is 11.1. The van der Waals surface area contributed by atoms with Crippen molar-refractivity contribution in [1.82, 2.24) is 0 Å². The highest BCUT2D eigenvalue weighted by atomic mass is 35.5. The molecule has 2 nitrogen and oxygen atoms in total. The van der Waals surface area contributed by atoms with Crippen LogP contribution in [0.4, 0.5) is 5.69 Å². The molecule has 0 aromatic heterocycles. The second-order valence-corrected chi connectivity index (χ2v) is 5.25. The lowest BCUT2D eigenvalue weighted by molar-refractivity contribution is 0.282. The number of fused-ring (bicyclic) bond motifs is 1. The van der Waals surface area contributed by atoms with Crippen LogP contribution >= 0.6 is 23.4 Å². The molecule has 0 fully saturated rings. The van der Waals surface area contributed by atoms with E-state index in [-0.39, 0.29) is 6.61 Å². The summed E-state index contributed by atoms with van der Waals surface area (Å²) in [5.74, 6) is 0.993. The molecule has 2 N–H and O–H groups in total. The van der Waals surface area contributed by atoms with Gasteiger partial charge in [-0.05, 0) is 31.0 Å². The smallest absolute Gasteiger partial charge is 0.0670 e. The van der Waals surface area contributed by atoms with Crippen molar-refractivity contribution in [3.63, 3.8) is 0 Å². The topological polar surface area (TPSA) is 32.3 Å². The number of rotatable bonds is 2. The van der Waals surface area contributed by atoms with E-state index >= 15 is 0 Å². The highest BCUT2D eigenvalue weighted by Gasteiger charge is 2.20. The van der Waals surface area contributed by atoms with Crippen molar-refractivity contribution in [2.75, 3.05) is 17.7 Å². The van der Waals surface area contributed by atoms with Gasteiger partial charge in [-0.1, -0.05) is 11.6 Å². The average Bonchev–Trinajstić information content (AvgIpc) is 2.19. The molecule has 1 aromatic carbocycles. The largest absolute Gasteiger partial charge is 0.396 e. The summed E-state index contributed by atoms with van der Waals surface area (Å²) in [4.78, 5) is 1.22. The lowest BCUT2D eigenvalue weighted by Crippen LogP contribution is -2.27. The predicted octanol–water partition coefficient (Wildman–Crippen LogP) is 2.92. The molecular weight excluding hydrogens is 230 g/mol. The van der Waals surface area contributed by atoms with Gasteiger partial charge in [0.05, 0.1) is 10.7 Å². The van der Waals surface area contributed by atoms with E-state index in [0.29, 0.717) is 6.04 Å². The Balaban J connectivity index is 2.25. The molecule has 1 aliphatic heterocycles. The van der Waals surface area contributed by atoms with Gasteiger partial charge < -0.3 is 10.4 Å². The van der Waals surface area contributed by atoms with Crippen molar-refractivity contribution in [1.29, 1.82) is 0 Å². The minimum atomic E-state index is 0.219. The highest BCUT2D eigenvalue weighted by Crippen LogP contribution is 2.39. The average molecular weight is 244 g/mol. The van der Waals surface area contributed by atoms with E-state index in [1.807, 2.05) is 24.8 Å². The van der Waals surface area contributed by atoms with E-state index in [0.717, 1.165) is 22.9 Å². The third kappa shape index (κ3) is 2.41. The molecule has 1 heterocycles. The van der Waals surface area contributed by atoms with Gasteiger partial charge in [-0.3, -0.25) is 0 Å². The van der Waals surface area contributed by atoms with Crippen molar-refractivity contribution >= 4 is 29.1 Å². The maximum atomic E-state index is 8.90. The minimum absolute atomic E-state index is 0.219. The van der Waals surface area contributed by atoms with Crippen LogP contribution in [-0.4, -0.2) is 23.5 Å². The van der Waals surface area contributed by atoms with E-state index in [1.165, 1.54) is 10.5 Å². The van der Waals surface area contributed by atoms with E-state index < -0.39 is 0 Å². The van der Waals surface area contributed by atoms with Crippen LogP contribution < -0.4 is 5.32 Å². The van der Waals surface area contributed by atoms with Crippen LogP contribution in [0.3, 0.4) is 0 Å². The minimum Gasteiger partial charge on any atom is -0.396 e. The Hall–Kier alpha value is -0.380. The van der Waals surface area contributed by atoms with E-state index in [2.05, 4.69) is 11.4 Å². The van der Waals surface area contributed by atoms with Crippen molar-refractivity contribution in [2.45, 2.75) is 24.3 Å². The van der Waals surface area contributed by atoms with Crippen molar-refractivity contribution < 1.29 is 5.11 Å². The molecule has 4 heteroatoms. The van der Waals surface area contributed by atoms with E-state index in [4.69, 9.17) is 16.7 Å². The number of aliphatic hydroxyl groups is 1. The van der Waals surface area contributed by atoms with Gasteiger partial charge >= 0.3 is 0 Å². The number of aryl methyl sites for hydroxylation is 1. The number of aliphatic hydroxyl groups excluding tert-OH is 1. The predicted molar refractivity (Wildman–Crippen MR) is 66.0 cm³/mol. The molecule has 0 amide bonds. The number of halogens is 1. The summed E-state index contributed by atoms with van der Waals surface area (Å²) in [7, 11) is 0. The van der Waals surface area contributed by atoms with Gasteiger partial charge in [0.1, 0.15) is 0 Å². The number of thioether (sulfide) groups is 1. The number of nitrogens with one attached hydrogen (secondary N) is 1. The molecule has 0 radical (unpaired) electrons. The second-order valence-electron chi connectivity index (χ2n) is 3.78. The van der Waals surface area contributed by atoms with Gasteiger partial charge in [0.15, 0.2) is 0 Å². The molecule has 1 aliphatic rings. The van der Waals surface area contributed by atoms with Crippen LogP contribution in [0.15, 0.2) is 17.0 Å². The molecule has 0 saturated heterocycles. The Morgan fingerprint density at radius 1 is 1.60 bits per heavy atom. The summed E-state index contributed by atoms with van der Waals surface area (Å²) in [6.07, 6.45) is 0.774. The maximum absolute atomic E-state index is 8.90. The summed E-state index contributed by atoms with van der Waals surface area (Å²) in [6, 6.07) is 4.44. The van der Waals surface area contributed by atoms with Crippen LogP contribution in [0.5, 0.6) is 0 Å². The number of hydrogen-bond donors (Lipinski definition) is 2. The summed E-state index contributed by atoms with van der Waals surface area (Å²) in [5.41, 5.74) is 2.21. The van der Waals surface area contributed by atoms with Crippen LogP contribution in [0.25, 0.3) is 0 Å². The Labute approximate surface area is 99.0 Å². The first-order chi connectivity index (χ1) is 7.20. The van der Waals surface area contributed by atoms with Crippen LogP contribution in [0.2, 0.25) is 5.02 Å². The highest BCUT2D eigenvalue weighted by molar-refractivity contribution is 7.99. The van der Waals surface area contributed by atoms with Crippen molar-refractivity contribution in [3.8, 4) is 0 Å². The first-order valence-corrected chi connectivity index (χ1v) is 6.37. The molecule has 1 aromatic rings. The van der Waals surface area contributed by atoms with Crippen molar-refractivity contribution in [3.05, 3.63) is 22.7 Å². The van der Waals surface area contributed by atoms with Gasteiger partial charge in [0.25, 0.3) is 0 Å². The Kier molecular flexibility index (Phi) is 3.44. The molecule has 82 valence electrons. The standard InChI is InChI=1S/C11H14ClNOS/c1-7-4-9(12)11-10(5-7)15-6-8(13-11)2-3-14/h4-5,8,13-14H,2-3,6H2,1H3. The molecule has 1 unspecified atom stereocenters. The molecule has 15 heavy (non-hydrogen) atoms. The third-order valence-corrected chi connectivity index (χ3v) is 3.96. The molecule has 0 saturated carbocycles. The van der Waals surface area contributed by atoms with Crippen molar-refractivity contribution in [2.24, 2.45) is 0 Å². The van der Waals surface area contributed by atoms with Gasteiger partial charge in [-0.15, -0.1) is 11.8 Å². The van der Waals surface area contributed by atoms with Crippen LogP contribution in [-0.2, 0) is 0 Å². The maximum Gasteiger partial charge on any atom is 0.0670 e. The number of anilines is 1. The van der Waals surface area contributed by atoms with Gasteiger partial charge in [-0.2, -0.15) is 0 Å². The number of hydrogen-bond acceptors (Lipinski definition) is 3. The summed E-state index contributed by atoms with van der Waals surface area (Å²) in [5, 5.41) is 13.1. The van der Waals surface area contributed by atoms with Gasteiger partial charge in [0.2, 0.25) is 0 Å². The SMILES string of the molecule is Cc1cc(Cl)c2c(c1)SCC(CCO)N2. The molecule has 0 aliphatic carbocycles. The zero-order valence-corrected chi connectivity index (χ0v) is 10.2. The van der Waals surface area contributed by atoms with Gasteiger partial charge in [-0.25, -0.2) is 0 Å². The monoisotopic (exact) mass is 243 g/mol.